The first kappa shape index (κ1) is 24.4. The number of aromatic nitrogens is 4. The van der Waals surface area contributed by atoms with Crippen LogP contribution in [0.3, 0.4) is 0 Å². The molecule has 10 heteroatoms. The van der Waals surface area contributed by atoms with Crippen LogP contribution >= 0.6 is 0 Å². The summed E-state index contributed by atoms with van der Waals surface area (Å²) in [7, 11) is 0. The second-order valence-corrected chi connectivity index (χ2v) is 10.3. The molecule has 184 valence electrons. The van der Waals surface area contributed by atoms with E-state index in [2.05, 4.69) is 52.9 Å². The van der Waals surface area contributed by atoms with E-state index < -0.39 is 24.0 Å². The topological polar surface area (TPSA) is 148 Å². The van der Waals surface area contributed by atoms with Gasteiger partial charge in [-0.3, -0.25) is 9.36 Å². The van der Waals surface area contributed by atoms with Crippen molar-refractivity contribution in [2.75, 3.05) is 12.3 Å². The van der Waals surface area contributed by atoms with Gasteiger partial charge in [-0.15, -0.1) is 0 Å². The molecule has 0 spiro atoms. The van der Waals surface area contributed by atoms with Crippen LogP contribution in [-0.4, -0.2) is 60.0 Å². The summed E-state index contributed by atoms with van der Waals surface area (Å²) in [6, 6.07) is 0. The molecule has 5 N–H and O–H groups in total. The number of amides is 1. The minimum atomic E-state index is -1.13. The second kappa shape index (κ2) is 9.13. The zero-order chi connectivity index (χ0) is 24.7. The van der Waals surface area contributed by atoms with E-state index in [0.29, 0.717) is 24.1 Å². The van der Waals surface area contributed by atoms with Crippen LogP contribution in [0.15, 0.2) is 6.33 Å². The zero-order valence-corrected chi connectivity index (χ0v) is 20.2. The number of imidazole rings is 1. The monoisotopic (exact) mass is 470 g/mol. The van der Waals surface area contributed by atoms with Crippen LogP contribution in [0.5, 0.6) is 0 Å². The first-order chi connectivity index (χ1) is 16.0. The van der Waals surface area contributed by atoms with Crippen molar-refractivity contribution in [3.05, 3.63) is 12.2 Å². The van der Waals surface area contributed by atoms with Crippen molar-refractivity contribution in [1.29, 1.82) is 0 Å². The number of carbonyl (C=O) groups is 1. The first-order valence-electron chi connectivity index (χ1n) is 11.9. The predicted molar refractivity (Wildman–Crippen MR) is 126 cm³/mol. The molecule has 1 aliphatic carbocycles. The SMILES string of the molecule is CCNC(=O)[C@@H]1CC(O)[C@H](n2cnc3c(N)nc(C#CC4(O)CCCCC4C(C)(C)C)nc32)O1. The Morgan fingerprint density at radius 3 is 2.85 bits per heavy atom. The number of nitrogens with two attached hydrogens (primary N) is 1. The van der Waals surface area contributed by atoms with Crippen LogP contribution in [0.25, 0.3) is 11.2 Å². The third-order valence-electron chi connectivity index (χ3n) is 6.77. The number of aliphatic hydroxyl groups excluding tert-OH is 1. The number of aliphatic hydroxyl groups is 2. The number of hydrogen-bond acceptors (Lipinski definition) is 8. The van der Waals surface area contributed by atoms with Crippen LogP contribution in [0.4, 0.5) is 5.82 Å². The summed E-state index contributed by atoms with van der Waals surface area (Å²) in [6.07, 6.45) is 2.57. The summed E-state index contributed by atoms with van der Waals surface area (Å²) in [5.41, 5.74) is 5.61. The maximum atomic E-state index is 12.2. The lowest BCUT2D eigenvalue weighted by Crippen LogP contribution is -2.45. The smallest absolute Gasteiger partial charge is 0.249 e. The number of ether oxygens (including phenoxy) is 1. The van der Waals surface area contributed by atoms with Gasteiger partial charge in [0.15, 0.2) is 17.7 Å². The van der Waals surface area contributed by atoms with Crippen molar-refractivity contribution in [3.8, 4) is 11.8 Å². The van der Waals surface area contributed by atoms with Gasteiger partial charge in [0, 0.05) is 18.9 Å². The van der Waals surface area contributed by atoms with Crippen LogP contribution in [0.1, 0.15) is 71.9 Å². The van der Waals surface area contributed by atoms with Crippen molar-refractivity contribution in [2.24, 2.45) is 11.3 Å². The van der Waals surface area contributed by atoms with Crippen molar-refractivity contribution in [2.45, 2.75) is 83.8 Å². The van der Waals surface area contributed by atoms with Gasteiger partial charge in [0.05, 0.1) is 6.33 Å². The maximum absolute atomic E-state index is 12.2. The number of carbonyl (C=O) groups excluding carboxylic acids is 1. The molecular formula is C24H34N6O4. The Kier molecular flexibility index (Phi) is 6.55. The number of rotatable bonds is 3. The Labute approximate surface area is 199 Å². The third-order valence-corrected chi connectivity index (χ3v) is 6.77. The molecule has 0 bridgehead atoms. The summed E-state index contributed by atoms with van der Waals surface area (Å²) in [4.78, 5) is 25.2. The molecular weight excluding hydrogens is 436 g/mol. The van der Waals surface area contributed by atoms with Gasteiger partial charge >= 0.3 is 0 Å². The highest BCUT2D eigenvalue weighted by Crippen LogP contribution is 2.44. The molecule has 2 aromatic heterocycles. The number of nitrogens with zero attached hydrogens (tertiary/aromatic N) is 4. The largest absolute Gasteiger partial charge is 0.388 e. The van der Waals surface area contributed by atoms with Crippen LogP contribution in [-0.2, 0) is 9.53 Å². The maximum Gasteiger partial charge on any atom is 0.249 e. The molecule has 5 atom stereocenters. The quantitative estimate of drug-likeness (QED) is 0.493. The van der Waals surface area contributed by atoms with E-state index in [1.807, 2.05) is 6.92 Å². The minimum Gasteiger partial charge on any atom is -0.388 e. The lowest BCUT2D eigenvalue weighted by Gasteiger charge is -2.43. The Morgan fingerprint density at radius 2 is 2.15 bits per heavy atom. The highest BCUT2D eigenvalue weighted by atomic mass is 16.5. The van der Waals surface area contributed by atoms with E-state index >= 15 is 0 Å². The molecule has 0 radical (unpaired) electrons. The molecule has 1 saturated carbocycles. The number of likely N-dealkylation sites (N-methyl/N-ethyl adjacent to an activating group) is 1. The fraction of sp³-hybridized carbons (Fsp3) is 0.667. The third kappa shape index (κ3) is 4.60. The molecule has 2 aliphatic rings. The summed E-state index contributed by atoms with van der Waals surface area (Å²) in [5, 5.41) is 24.7. The highest BCUT2D eigenvalue weighted by Gasteiger charge is 2.44. The summed E-state index contributed by atoms with van der Waals surface area (Å²) in [5.74, 6) is 6.05. The molecule has 4 rings (SSSR count). The van der Waals surface area contributed by atoms with Crippen molar-refractivity contribution in [1.82, 2.24) is 24.8 Å². The van der Waals surface area contributed by atoms with Gasteiger partial charge in [0.25, 0.3) is 0 Å². The molecule has 1 saturated heterocycles. The average Bonchev–Trinajstić information content (AvgIpc) is 3.35. The highest BCUT2D eigenvalue weighted by molar-refractivity contribution is 5.82. The van der Waals surface area contributed by atoms with Crippen LogP contribution < -0.4 is 11.1 Å². The molecule has 2 fully saturated rings. The Hall–Kier alpha value is -2.74. The average molecular weight is 471 g/mol. The van der Waals surface area contributed by atoms with Gasteiger partial charge in [-0.25, -0.2) is 15.0 Å². The molecule has 34 heavy (non-hydrogen) atoms. The Morgan fingerprint density at radius 1 is 1.38 bits per heavy atom. The normalized spacial score (nSPS) is 29.6. The van der Waals surface area contributed by atoms with Gasteiger partial charge in [-0.05, 0) is 37.5 Å². The van der Waals surface area contributed by atoms with E-state index in [4.69, 9.17) is 10.5 Å². The molecule has 1 amide bonds. The van der Waals surface area contributed by atoms with Gasteiger partial charge in [-0.2, -0.15) is 0 Å². The molecule has 2 aromatic rings. The van der Waals surface area contributed by atoms with Crippen LogP contribution in [0.2, 0.25) is 0 Å². The fourth-order valence-corrected chi connectivity index (χ4v) is 5.16. The lowest BCUT2D eigenvalue weighted by atomic mass is 9.64. The Balaban J connectivity index is 1.66. The van der Waals surface area contributed by atoms with E-state index in [9.17, 15) is 15.0 Å². The van der Waals surface area contributed by atoms with Crippen molar-refractivity contribution < 1.29 is 19.7 Å². The summed E-state index contributed by atoms with van der Waals surface area (Å²) < 4.78 is 7.38. The number of nitrogen functional groups attached to an aromatic ring is 1. The molecule has 0 aromatic carbocycles. The van der Waals surface area contributed by atoms with E-state index in [1.165, 1.54) is 6.33 Å². The van der Waals surface area contributed by atoms with Crippen molar-refractivity contribution >= 4 is 22.9 Å². The first-order valence-corrected chi connectivity index (χ1v) is 11.9. The molecule has 3 unspecified atom stereocenters. The van der Waals surface area contributed by atoms with Gasteiger partial charge in [-0.1, -0.05) is 33.1 Å². The van der Waals surface area contributed by atoms with E-state index in [-0.39, 0.29) is 35.3 Å². The molecule has 10 nitrogen and oxygen atoms in total. The predicted octanol–water partition coefficient (Wildman–Crippen LogP) is 1.51. The summed E-state index contributed by atoms with van der Waals surface area (Å²) in [6.45, 7) is 8.66. The fourth-order valence-electron chi connectivity index (χ4n) is 5.16. The number of hydrogen-bond donors (Lipinski definition) is 4. The van der Waals surface area contributed by atoms with Gasteiger partial charge < -0.3 is 26.0 Å². The number of nitrogens with one attached hydrogen (secondary N) is 1. The lowest BCUT2D eigenvalue weighted by molar-refractivity contribution is -0.134. The summed E-state index contributed by atoms with van der Waals surface area (Å²) >= 11 is 0. The number of anilines is 1. The van der Waals surface area contributed by atoms with Crippen LogP contribution in [0, 0.1) is 23.2 Å². The molecule has 1 aliphatic heterocycles. The minimum absolute atomic E-state index is 0.0288. The Bertz CT molecular complexity index is 1130. The second-order valence-electron chi connectivity index (χ2n) is 10.3. The zero-order valence-electron chi connectivity index (χ0n) is 20.2. The molecule has 3 heterocycles. The van der Waals surface area contributed by atoms with Crippen molar-refractivity contribution in [3.63, 3.8) is 0 Å². The van der Waals surface area contributed by atoms with Gasteiger partial charge in [0.2, 0.25) is 11.7 Å². The van der Waals surface area contributed by atoms with E-state index in [1.54, 1.807) is 4.57 Å². The van der Waals surface area contributed by atoms with E-state index in [0.717, 1.165) is 19.3 Å². The standard InChI is InChI=1S/C24H34N6O4/c1-5-26-21(32)15-12-14(31)22(34-15)30-13-27-18-19(25)28-17(29-20(18)30)9-11-24(33)10-7-6-8-16(24)23(2,3)4/h13-16,22,31,33H,5-8,10,12H2,1-4H3,(H,26,32)(H2,25,28,29)/t14?,15-,16?,22+,24?/m0/s1. The number of fused-ring (bicyclic) bond motifs is 1. The van der Waals surface area contributed by atoms with Gasteiger partial charge in [0.1, 0.15) is 23.3 Å².